The van der Waals surface area contributed by atoms with Gasteiger partial charge in [0.15, 0.2) is 0 Å². The Hall–Kier alpha value is -1.54. The van der Waals surface area contributed by atoms with Crippen molar-refractivity contribution in [3.8, 4) is 11.8 Å². The number of carbonyl (C=O) groups is 1. The Balaban J connectivity index is 2.22. The minimum Gasteiger partial charge on any atom is -0.507 e. The van der Waals surface area contributed by atoms with Crippen molar-refractivity contribution >= 4 is 21.8 Å². The van der Waals surface area contributed by atoms with Crippen LogP contribution in [0.5, 0.6) is 5.75 Å². The highest BCUT2D eigenvalue weighted by molar-refractivity contribution is 9.10. The number of benzene rings is 1. The van der Waals surface area contributed by atoms with E-state index in [0.717, 1.165) is 12.8 Å². The smallest absolute Gasteiger partial charge is 0.256 e. The summed E-state index contributed by atoms with van der Waals surface area (Å²) in [7, 11) is 0. The second-order valence-electron chi connectivity index (χ2n) is 4.52. The normalized spacial score (nSPS) is 17.1. The first-order valence-electron chi connectivity index (χ1n) is 5.79. The van der Waals surface area contributed by atoms with Gasteiger partial charge in [-0.2, -0.15) is 5.26 Å². The molecule has 1 amide bonds. The summed E-state index contributed by atoms with van der Waals surface area (Å²) in [5, 5.41) is 21.6. The molecule has 1 aliphatic rings. The Morgan fingerprint density at radius 3 is 2.72 bits per heavy atom. The van der Waals surface area contributed by atoms with Crippen LogP contribution in [0.2, 0.25) is 0 Å². The number of halogens is 1. The fourth-order valence-corrected chi connectivity index (χ4v) is 2.58. The first kappa shape index (κ1) is 12.9. The molecule has 0 spiro atoms. The zero-order chi connectivity index (χ0) is 13.2. The van der Waals surface area contributed by atoms with Gasteiger partial charge in [0.25, 0.3) is 5.91 Å². The quantitative estimate of drug-likeness (QED) is 0.882. The maximum Gasteiger partial charge on any atom is 0.256 e. The lowest BCUT2D eigenvalue weighted by molar-refractivity contribution is 0.0918. The number of hydrogen-bond acceptors (Lipinski definition) is 3. The van der Waals surface area contributed by atoms with Crippen LogP contribution in [0.4, 0.5) is 0 Å². The molecule has 0 atom stereocenters. The molecule has 0 unspecified atom stereocenters. The highest BCUT2D eigenvalue weighted by Crippen LogP contribution is 2.30. The molecule has 0 aromatic heterocycles. The van der Waals surface area contributed by atoms with Gasteiger partial charge in [-0.05, 0) is 43.9 Å². The average Bonchev–Trinajstić information content (AvgIpc) is 2.81. The molecule has 2 rings (SSSR count). The van der Waals surface area contributed by atoms with Crippen LogP contribution < -0.4 is 5.32 Å². The number of amides is 1. The van der Waals surface area contributed by atoms with Crippen molar-refractivity contribution in [3.63, 3.8) is 0 Å². The molecule has 5 heteroatoms. The van der Waals surface area contributed by atoms with Gasteiger partial charge in [0.2, 0.25) is 0 Å². The van der Waals surface area contributed by atoms with E-state index < -0.39 is 11.4 Å². The van der Waals surface area contributed by atoms with Gasteiger partial charge in [0.05, 0.1) is 11.6 Å². The van der Waals surface area contributed by atoms with E-state index in [-0.39, 0.29) is 11.3 Å². The summed E-state index contributed by atoms with van der Waals surface area (Å²) >= 11 is 3.25. The number of nitriles is 1. The van der Waals surface area contributed by atoms with Crippen LogP contribution in [-0.2, 0) is 0 Å². The lowest BCUT2D eigenvalue weighted by Crippen LogP contribution is -2.45. The minimum absolute atomic E-state index is 0.0817. The third-order valence-electron chi connectivity index (χ3n) is 3.23. The number of phenols is 1. The molecule has 0 saturated heterocycles. The Bertz CT molecular complexity index is 516. The lowest BCUT2D eigenvalue weighted by atomic mass is 9.99. The number of nitrogens with one attached hydrogen (secondary N) is 1. The molecule has 0 bridgehead atoms. The van der Waals surface area contributed by atoms with Crippen molar-refractivity contribution in [2.45, 2.75) is 31.2 Å². The fraction of sp³-hybridized carbons (Fsp3) is 0.385. The summed E-state index contributed by atoms with van der Waals surface area (Å²) in [6.45, 7) is 0. The van der Waals surface area contributed by atoms with Gasteiger partial charge >= 0.3 is 0 Å². The first-order chi connectivity index (χ1) is 8.56. The first-order valence-corrected chi connectivity index (χ1v) is 6.58. The zero-order valence-corrected chi connectivity index (χ0v) is 11.3. The standard InChI is InChI=1S/C13H13BrN2O2/c14-9-3-4-11(17)10(7-9)12(18)16-13(8-15)5-1-2-6-13/h3-4,7,17H,1-2,5-6H2,(H,16,18). The molecule has 18 heavy (non-hydrogen) atoms. The van der Waals surface area contributed by atoms with Crippen LogP contribution in [0.3, 0.4) is 0 Å². The molecule has 1 fully saturated rings. The Kier molecular flexibility index (Phi) is 3.58. The largest absolute Gasteiger partial charge is 0.507 e. The third-order valence-corrected chi connectivity index (χ3v) is 3.72. The molecular formula is C13H13BrN2O2. The third kappa shape index (κ3) is 2.49. The second kappa shape index (κ2) is 4.99. The Morgan fingerprint density at radius 2 is 2.11 bits per heavy atom. The Labute approximate surface area is 114 Å². The summed E-state index contributed by atoms with van der Waals surface area (Å²) in [5.41, 5.74) is -0.586. The van der Waals surface area contributed by atoms with E-state index in [4.69, 9.17) is 0 Å². The Morgan fingerprint density at radius 1 is 1.44 bits per heavy atom. The maximum atomic E-state index is 12.1. The van der Waals surface area contributed by atoms with Crippen LogP contribution in [0, 0.1) is 11.3 Å². The number of hydrogen-bond donors (Lipinski definition) is 2. The molecule has 1 saturated carbocycles. The van der Waals surface area contributed by atoms with Gasteiger partial charge in [-0.25, -0.2) is 0 Å². The van der Waals surface area contributed by atoms with Gasteiger partial charge in [-0.15, -0.1) is 0 Å². The molecule has 0 aliphatic heterocycles. The van der Waals surface area contributed by atoms with Crippen LogP contribution in [0.25, 0.3) is 0 Å². The maximum absolute atomic E-state index is 12.1. The number of phenolic OH excluding ortho intramolecular Hbond substituents is 1. The molecule has 4 nitrogen and oxygen atoms in total. The van der Waals surface area contributed by atoms with Crippen molar-refractivity contribution in [1.29, 1.82) is 5.26 Å². The highest BCUT2D eigenvalue weighted by Gasteiger charge is 2.36. The minimum atomic E-state index is -0.772. The molecule has 94 valence electrons. The summed E-state index contributed by atoms with van der Waals surface area (Å²) < 4.78 is 0.711. The van der Waals surface area contributed by atoms with Gasteiger partial charge < -0.3 is 10.4 Å². The zero-order valence-electron chi connectivity index (χ0n) is 9.74. The molecule has 1 aromatic rings. The fourth-order valence-electron chi connectivity index (χ4n) is 2.22. The number of nitrogens with zero attached hydrogens (tertiary/aromatic N) is 1. The van der Waals surface area contributed by atoms with Crippen LogP contribution in [-0.4, -0.2) is 16.6 Å². The molecular weight excluding hydrogens is 296 g/mol. The molecule has 0 heterocycles. The number of carbonyl (C=O) groups excluding carboxylic acids is 1. The molecule has 1 aliphatic carbocycles. The SMILES string of the molecule is N#CC1(NC(=O)c2cc(Br)ccc2O)CCCC1. The summed E-state index contributed by atoms with van der Waals surface area (Å²) in [5.74, 6) is -0.487. The van der Waals surface area contributed by atoms with E-state index in [9.17, 15) is 15.2 Å². The molecule has 0 radical (unpaired) electrons. The van der Waals surface area contributed by atoms with E-state index >= 15 is 0 Å². The lowest BCUT2D eigenvalue weighted by Gasteiger charge is -2.22. The second-order valence-corrected chi connectivity index (χ2v) is 5.43. The van der Waals surface area contributed by atoms with E-state index in [1.54, 1.807) is 12.1 Å². The van der Waals surface area contributed by atoms with Crippen molar-refractivity contribution in [2.75, 3.05) is 0 Å². The monoisotopic (exact) mass is 308 g/mol. The van der Waals surface area contributed by atoms with Crippen molar-refractivity contribution < 1.29 is 9.90 Å². The van der Waals surface area contributed by atoms with Gasteiger partial charge in [-0.1, -0.05) is 15.9 Å². The van der Waals surface area contributed by atoms with E-state index in [1.165, 1.54) is 6.07 Å². The van der Waals surface area contributed by atoms with E-state index in [2.05, 4.69) is 27.3 Å². The van der Waals surface area contributed by atoms with Crippen LogP contribution in [0.1, 0.15) is 36.0 Å². The average molecular weight is 309 g/mol. The van der Waals surface area contributed by atoms with Crippen LogP contribution >= 0.6 is 15.9 Å². The van der Waals surface area contributed by atoms with Gasteiger partial charge in [0, 0.05) is 4.47 Å². The predicted molar refractivity (Wildman–Crippen MR) is 70.1 cm³/mol. The topological polar surface area (TPSA) is 73.1 Å². The predicted octanol–water partition coefficient (Wildman–Crippen LogP) is 2.72. The van der Waals surface area contributed by atoms with Crippen molar-refractivity contribution in [1.82, 2.24) is 5.32 Å². The summed E-state index contributed by atoms with van der Waals surface area (Å²) in [4.78, 5) is 12.1. The number of rotatable bonds is 2. The molecule has 1 aromatic carbocycles. The summed E-state index contributed by atoms with van der Waals surface area (Å²) in [6, 6.07) is 6.84. The van der Waals surface area contributed by atoms with Gasteiger partial charge in [-0.3, -0.25) is 4.79 Å². The van der Waals surface area contributed by atoms with E-state index in [0.29, 0.717) is 17.3 Å². The van der Waals surface area contributed by atoms with Gasteiger partial charge in [0.1, 0.15) is 11.3 Å². The number of aromatic hydroxyl groups is 1. The van der Waals surface area contributed by atoms with E-state index in [1.807, 2.05) is 0 Å². The van der Waals surface area contributed by atoms with Crippen molar-refractivity contribution in [3.05, 3.63) is 28.2 Å². The molecule has 2 N–H and O–H groups in total. The summed E-state index contributed by atoms with van der Waals surface area (Å²) in [6.07, 6.45) is 3.23. The highest BCUT2D eigenvalue weighted by atomic mass is 79.9. The van der Waals surface area contributed by atoms with Crippen LogP contribution in [0.15, 0.2) is 22.7 Å². The van der Waals surface area contributed by atoms with Crippen molar-refractivity contribution in [2.24, 2.45) is 0 Å².